The van der Waals surface area contributed by atoms with Crippen LogP contribution in [-0.2, 0) is 61.6 Å². The van der Waals surface area contributed by atoms with E-state index in [0.717, 1.165) is 0 Å². The lowest BCUT2D eigenvalue weighted by atomic mass is 9.94. The van der Waals surface area contributed by atoms with Crippen molar-refractivity contribution in [1.82, 2.24) is 0 Å². The van der Waals surface area contributed by atoms with Crippen molar-refractivity contribution in [3.05, 3.63) is 0 Å². The van der Waals surface area contributed by atoms with Crippen LogP contribution in [0.3, 0.4) is 0 Å². The summed E-state index contributed by atoms with van der Waals surface area (Å²) < 4.78 is 74.2. The van der Waals surface area contributed by atoms with Crippen molar-refractivity contribution in [3.8, 4) is 12.0 Å². The molecular formula is C39H62O31. The molecule has 0 aromatic heterocycles. The first-order valence-electron chi connectivity index (χ1n) is 22.2. The summed E-state index contributed by atoms with van der Waals surface area (Å²) in [6.07, 6.45) is -56.4. The molecule has 0 amide bonds. The van der Waals surface area contributed by atoms with E-state index in [4.69, 9.17) is 61.6 Å². The quantitative estimate of drug-likeness (QED) is 0.105. The Morgan fingerprint density at radius 1 is 0.271 bits per heavy atom. The molecule has 0 unspecified atom stereocenters. The molecular weight excluding hydrogens is 964 g/mol. The van der Waals surface area contributed by atoms with Gasteiger partial charge < -0.3 is 153 Å². The number of hydrogen-bond donors (Lipinski definition) is 18. The molecule has 22 aliphatic heterocycles. The maximum atomic E-state index is 11.6. The maximum absolute atomic E-state index is 11.6. The molecule has 22 heterocycles. The van der Waals surface area contributed by atoms with Gasteiger partial charge in [-0.1, -0.05) is 0 Å². The van der Waals surface area contributed by atoms with Gasteiger partial charge in [-0.15, -0.1) is 0 Å². The van der Waals surface area contributed by atoms with Crippen molar-refractivity contribution >= 4 is 0 Å². The minimum Gasteiger partial charge on any atom is -0.437 e. The molecule has 22 aliphatic rings. The Hall–Kier alpha value is -1.84. The summed E-state index contributed by atoms with van der Waals surface area (Å²) in [7, 11) is 0. The summed E-state index contributed by atoms with van der Waals surface area (Å²) >= 11 is 0. The Bertz CT molecular complexity index is 1680. The zero-order valence-electron chi connectivity index (χ0n) is 36.6. The summed E-state index contributed by atoms with van der Waals surface area (Å²) in [4.78, 5) is 0. The van der Waals surface area contributed by atoms with E-state index in [1.807, 2.05) is 0 Å². The van der Waals surface area contributed by atoms with Crippen LogP contribution in [0.1, 0.15) is 0 Å². The van der Waals surface area contributed by atoms with E-state index in [0.29, 0.717) is 0 Å². The fourth-order valence-electron chi connectivity index (χ4n) is 9.19. The largest absolute Gasteiger partial charge is 0.437 e. The summed E-state index contributed by atoms with van der Waals surface area (Å²) in [5.41, 5.74) is 0. The van der Waals surface area contributed by atoms with Crippen molar-refractivity contribution in [2.45, 2.75) is 184 Å². The van der Waals surface area contributed by atoms with E-state index in [1.54, 1.807) is 0 Å². The average molecular weight is 1030 g/mol. The normalized spacial score (nSPS) is 52.6. The first kappa shape index (κ1) is 55.9. The van der Waals surface area contributed by atoms with E-state index in [9.17, 15) is 91.9 Å². The molecule has 31 heteroatoms. The van der Waals surface area contributed by atoms with Gasteiger partial charge in [0, 0.05) is 0 Å². The number of aliphatic hydroxyl groups excluding tert-OH is 18. The minimum atomic E-state index is -2.17. The highest BCUT2D eigenvalue weighted by atomic mass is 16.8. The SMILES string of the molecule is OCC#CO[C@@H]1[C@@H](O)[C@H]2O[C@H]3[C@H](O)[C@@H](O)[C@@H](O[C@H]4[C@H](O)[C@@H](O)[C@@H](O[C@H]5[C@H](O)[C@@H](O)[C@@H](O[C@H]6[C@H](O)[C@@H](O)[C@@H](O[C@H]7[C@H](O)[C@@H](O)[C@@H](O[C@H]1[C@@H](CO)O2)O[C@@H]7CO)O[C@@H]6CO)O[C@@H]5CO)O[C@@H]4CO)O[C@@H]3CO. The van der Waals surface area contributed by atoms with Crippen LogP contribution in [0.5, 0.6) is 0 Å². The molecule has 0 aromatic carbocycles. The number of ether oxygens (including phenoxy) is 13. The second-order valence-corrected chi connectivity index (χ2v) is 17.4. The van der Waals surface area contributed by atoms with Gasteiger partial charge in [-0.05, 0) is 5.92 Å². The highest BCUT2D eigenvalue weighted by Crippen LogP contribution is 2.38. The Labute approximate surface area is 395 Å². The summed E-state index contributed by atoms with van der Waals surface area (Å²) in [5.74, 6) is 2.16. The highest BCUT2D eigenvalue weighted by molar-refractivity contribution is 5.02. The Balaban J connectivity index is 1.22. The van der Waals surface area contributed by atoms with Gasteiger partial charge in [0.15, 0.2) is 43.8 Å². The van der Waals surface area contributed by atoms with Crippen LogP contribution in [0, 0.1) is 12.0 Å². The summed E-state index contributed by atoms with van der Waals surface area (Å²) in [6.45, 7) is -6.81. The maximum Gasteiger partial charge on any atom is 0.188 e. The molecule has 22 saturated heterocycles. The summed E-state index contributed by atoms with van der Waals surface area (Å²) in [5, 5.41) is 196. The lowest BCUT2D eigenvalue weighted by Crippen LogP contribution is -2.69. The van der Waals surface area contributed by atoms with Gasteiger partial charge in [0.1, 0.15) is 153 Å². The molecule has 0 spiro atoms. The number of rotatable bonds is 7. The smallest absolute Gasteiger partial charge is 0.188 e. The van der Waals surface area contributed by atoms with Crippen LogP contribution in [0.15, 0.2) is 0 Å². The number of aliphatic hydroxyl groups is 18. The van der Waals surface area contributed by atoms with E-state index in [1.165, 1.54) is 0 Å². The van der Waals surface area contributed by atoms with Crippen LogP contribution in [0.25, 0.3) is 0 Å². The molecule has 18 N–H and O–H groups in total. The molecule has 0 radical (unpaired) electrons. The molecule has 22 fully saturated rings. The molecule has 0 aromatic rings. The highest BCUT2D eigenvalue weighted by Gasteiger charge is 2.59. The van der Waals surface area contributed by atoms with Crippen molar-refractivity contribution in [1.29, 1.82) is 0 Å². The standard InChI is InChI=1S/C39H62O31/c40-2-1-3-58-33-26(57)39-64-15(9-46)32(33)70-38-25(56)20(51)30(13(7-44)63-38)68-36-23(54)18(49)28(11(5-42)61-36)66-34-21(52)16(47)27(10(4-41)59-34)65-35-22(53)17(48)29(12(6-43)60-35)67-37-24(55)19(50)31(69-39)14(8-45)62-37/h10-57H,2,4-9H2/t10-,11-,12-,13-,14-,15-,16-,17-,18-,19-,20-,21-,22-,23-,24-,25-,26-,27-,28-,29-,30-,31-,32+,33-,34-,35-,36-,37-,38-,39-/m1/s1. The third kappa shape index (κ3) is 11.1. The Kier molecular flexibility index (Phi) is 19.3. The Morgan fingerprint density at radius 2 is 0.486 bits per heavy atom. The van der Waals surface area contributed by atoms with Gasteiger partial charge in [0.2, 0.25) is 0 Å². The molecule has 22 rings (SSSR count). The van der Waals surface area contributed by atoms with Crippen LogP contribution in [0.2, 0.25) is 0 Å². The Morgan fingerprint density at radius 3 is 0.714 bits per heavy atom. The number of hydrogen-bond acceptors (Lipinski definition) is 31. The molecule has 404 valence electrons. The van der Waals surface area contributed by atoms with Crippen LogP contribution in [0.4, 0.5) is 0 Å². The predicted molar refractivity (Wildman–Crippen MR) is 210 cm³/mol. The van der Waals surface area contributed by atoms with Crippen LogP contribution >= 0.6 is 0 Å². The second-order valence-electron chi connectivity index (χ2n) is 17.4. The van der Waals surface area contributed by atoms with E-state index < -0.39 is 230 Å². The van der Waals surface area contributed by atoms with Gasteiger partial charge >= 0.3 is 0 Å². The molecule has 0 aliphatic carbocycles. The van der Waals surface area contributed by atoms with Crippen LogP contribution < -0.4 is 0 Å². The lowest BCUT2D eigenvalue weighted by molar-refractivity contribution is -0.403. The van der Waals surface area contributed by atoms with Gasteiger partial charge in [0.05, 0.1) is 39.6 Å². The van der Waals surface area contributed by atoms with Crippen molar-refractivity contribution < 1.29 is 153 Å². The molecule has 31 nitrogen and oxygen atoms in total. The summed E-state index contributed by atoms with van der Waals surface area (Å²) in [6, 6.07) is 0. The van der Waals surface area contributed by atoms with E-state index in [2.05, 4.69) is 12.0 Å². The first-order valence-corrected chi connectivity index (χ1v) is 22.2. The molecule has 70 heavy (non-hydrogen) atoms. The van der Waals surface area contributed by atoms with Crippen molar-refractivity contribution in [2.24, 2.45) is 0 Å². The lowest BCUT2D eigenvalue weighted by Gasteiger charge is -2.50. The molecule has 0 saturated carbocycles. The molecule has 12 bridgehead atoms. The zero-order valence-corrected chi connectivity index (χ0v) is 36.6. The topological polar surface area (TPSA) is 484 Å². The van der Waals surface area contributed by atoms with E-state index in [-0.39, 0.29) is 0 Å². The fourth-order valence-corrected chi connectivity index (χ4v) is 9.19. The minimum absolute atomic E-state index is 0.761. The van der Waals surface area contributed by atoms with Gasteiger partial charge in [-0.25, -0.2) is 0 Å². The van der Waals surface area contributed by atoms with Gasteiger partial charge in [-0.2, -0.15) is 0 Å². The monoisotopic (exact) mass is 1030 g/mol. The van der Waals surface area contributed by atoms with Crippen LogP contribution in [-0.4, -0.2) is 322 Å². The molecule has 30 atom stereocenters. The first-order chi connectivity index (χ1) is 33.5. The zero-order chi connectivity index (χ0) is 50.9. The van der Waals surface area contributed by atoms with Crippen molar-refractivity contribution in [2.75, 3.05) is 46.2 Å². The average Bonchev–Trinajstić information content (AvgIpc) is 3.35. The van der Waals surface area contributed by atoms with Crippen molar-refractivity contribution in [3.63, 3.8) is 0 Å². The third-order valence-electron chi connectivity index (χ3n) is 13.0. The van der Waals surface area contributed by atoms with Gasteiger partial charge in [0.25, 0.3) is 0 Å². The van der Waals surface area contributed by atoms with Gasteiger partial charge in [-0.3, -0.25) is 0 Å². The second kappa shape index (κ2) is 24.2. The fraction of sp³-hybridized carbons (Fsp3) is 0.949. The van der Waals surface area contributed by atoms with E-state index >= 15 is 0 Å². The predicted octanol–water partition coefficient (Wildman–Crippen LogP) is -13.1. The third-order valence-corrected chi connectivity index (χ3v) is 13.0.